The lowest BCUT2D eigenvalue weighted by Gasteiger charge is -2.08. The standard InChI is InChI=1S/C20H21FN4O2/c1-3-6-18(26)22-16-9-11-17(12-10-16)25-19(23-20(24-25)27-4-2)14-7-5-8-15(21)13-14/h5,7-13H,3-4,6H2,1-2H3,(H,22,26). The first-order valence-corrected chi connectivity index (χ1v) is 8.86. The number of anilines is 1. The van der Waals surface area contributed by atoms with Crippen molar-refractivity contribution in [1.29, 1.82) is 0 Å². The van der Waals surface area contributed by atoms with Crippen molar-refractivity contribution < 1.29 is 13.9 Å². The quantitative estimate of drug-likeness (QED) is 0.678. The summed E-state index contributed by atoms with van der Waals surface area (Å²) in [4.78, 5) is 16.1. The fourth-order valence-corrected chi connectivity index (χ4v) is 2.61. The first-order valence-electron chi connectivity index (χ1n) is 8.86. The number of nitrogens with zero attached hydrogens (tertiary/aromatic N) is 3. The van der Waals surface area contributed by atoms with Crippen LogP contribution in [0.3, 0.4) is 0 Å². The Morgan fingerprint density at radius 1 is 1.19 bits per heavy atom. The third-order valence-corrected chi connectivity index (χ3v) is 3.82. The first kappa shape index (κ1) is 18.6. The summed E-state index contributed by atoms with van der Waals surface area (Å²) < 4.78 is 20.7. The largest absolute Gasteiger partial charge is 0.463 e. The molecule has 0 atom stereocenters. The van der Waals surface area contributed by atoms with Gasteiger partial charge in [-0.15, -0.1) is 5.10 Å². The van der Waals surface area contributed by atoms with E-state index in [-0.39, 0.29) is 17.7 Å². The molecule has 0 saturated carbocycles. The summed E-state index contributed by atoms with van der Waals surface area (Å²) in [6, 6.07) is 13.6. The number of benzene rings is 2. The molecule has 7 heteroatoms. The zero-order valence-electron chi connectivity index (χ0n) is 15.3. The maximum absolute atomic E-state index is 13.7. The van der Waals surface area contributed by atoms with Gasteiger partial charge in [-0.05, 0) is 49.7 Å². The molecule has 0 fully saturated rings. The average Bonchev–Trinajstić information content (AvgIpc) is 3.07. The number of carbonyl (C=O) groups is 1. The zero-order chi connectivity index (χ0) is 19.2. The van der Waals surface area contributed by atoms with Gasteiger partial charge in [0.05, 0.1) is 12.3 Å². The van der Waals surface area contributed by atoms with Crippen LogP contribution >= 0.6 is 0 Å². The van der Waals surface area contributed by atoms with Crippen LogP contribution in [0.5, 0.6) is 6.01 Å². The average molecular weight is 368 g/mol. The first-order chi connectivity index (χ1) is 13.1. The predicted octanol–water partition coefficient (Wildman–Crippen LogP) is 4.21. The number of hydrogen-bond donors (Lipinski definition) is 1. The number of rotatable bonds is 7. The van der Waals surface area contributed by atoms with Crippen molar-refractivity contribution >= 4 is 11.6 Å². The number of carbonyl (C=O) groups excluding carboxylic acids is 1. The van der Waals surface area contributed by atoms with Gasteiger partial charge in [0.25, 0.3) is 0 Å². The fourth-order valence-electron chi connectivity index (χ4n) is 2.61. The van der Waals surface area contributed by atoms with E-state index in [0.29, 0.717) is 30.1 Å². The summed E-state index contributed by atoms with van der Waals surface area (Å²) in [7, 11) is 0. The minimum absolute atomic E-state index is 0.0231. The lowest BCUT2D eigenvalue weighted by atomic mass is 10.2. The molecule has 140 valence electrons. The number of nitrogens with one attached hydrogen (secondary N) is 1. The highest BCUT2D eigenvalue weighted by Crippen LogP contribution is 2.25. The zero-order valence-corrected chi connectivity index (χ0v) is 15.3. The molecule has 1 N–H and O–H groups in total. The molecule has 3 aromatic rings. The third kappa shape index (κ3) is 4.49. The van der Waals surface area contributed by atoms with Crippen LogP contribution in [-0.2, 0) is 4.79 Å². The lowest BCUT2D eigenvalue weighted by Crippen LogP contribution is -2.10. The maximum Gasteiger partial charge on any atom is 0.336 e. The highest BCUT2D eigenvalue weighted by atomic mass is 19.1. The molecule has 6 nitrogen and oxygen atoms in total. The van der Waals surface area contributed by atoms with Crippen LogP contribution in [0.15, 0.2) is 48.5 Å². The molecule has 27 heavy (non-hydrogen) atoms. The second-order valence-electron chi connectivity index (χ2n) is 5.92. The molecule has 0 radical (unpaired) electrons. The second kappa shape index (κ2) is 8.44. The number of halogens is 1. The molecule has 0 unspecified atom stereocenters. The van der Waals surface area contributed by atoms with Crippen LogP contribution in [0.25, 0.3) is 17.1 Å². The molecule has 0 saturated heterocycles. The van der Waals surface area contributed by atoms with Crippen molar-refractivity contribution in [1.82, 2.24) is 14.8 Å². The van der Waals surface area contributed by atoms with Gasteiger partial charge < -0.3 is 10.1 Å². The van der Waals surface area contributed by atoms with E-state index in [0.717, 1.165) is 12.1 Å². The van der Waals surface area contributed by atoms with E-state index in [1.54, 1.807) is 28.9 Å². The minimum atomic E-state index is -0.353. The van der Waals surface area contributed by atoms with Crippen molar-refractivity contribution in [3.8, 4) is 23.1 Å². The predicted molar refractivity (Wildman–Crippen MR) is 101 cm³/mol. The Balaban J connectivity index is 1.94. The van der Waals surface area contributed by atoms with Crippen LogP contribution < -0.4 is 10.1 Å². The summed E-state index contributed by atoms with van der Waals surface area (Å²) >= 11 is 0. The van der Waals surface area contributed by atoms with Crippen molar-refractivity contribution in [3.05, 3.63) is 54.3 Å². The SMILES string of the molecule is CCCC(=O)Nc1ccc(-n2nc(OCC)nc2-c2cccc(F)c2)cc1. The van der Waals surface area contributed by atoms with E-state index in [1.807, 2.05) is 26.0 Å². The van der Waals surface area contributed by atoms with E-state index >= 15 is 0 Å². The van der Waals surface area contributed by atoms with E-state index in [9.17, 15) is 9.18 Å². The molecular formula is C20H21FN4O2. The van der Waals surface area contributed by atoms with E-state index in [4.69, 9.17) is 4.74 Å². The van der Waals surface area contributed by atoms with E-state index in [2.05, 4.69) is 15.4 Å². The molecule has 1 aromatic heterocycles. The second-order valence-corrected chi connectivity index (χ2v) is 5.92. The van der Waals surface area contributed by atoms with Gasteiger partial charge in [-0.3, -0.25) is 4.79 Å². The van der Waals surface area contributed by atoms with Crippen LogP contribution in [0.2, 0.25) is 0 Å². The van der Waals surface area contributed by atoms with Crippen molar-refractivity contribution in [2.45, 2.75) is 26.7 Å². The summed E-state index contributed by atoms with van der Waals surface area (Å²) in [5, 5.41) is 7.21. The monoisotopic (exact) mass is 368 g/mol. The molecule has 0 bridgehead atoms. The van der Waals surface area contributed by atoms with E-state index < -0.39 is 0 Å². The Morgan fingerprint density at radius 2 is 1.96 bits per heavy atom. The normalized spacial score (nSPS) is 10.6. The highest BCUT2D eigenvalue weighted by molar-refractivity contribution is 5.90. The number of hydrogen-bond acceptors (Lipinski definition) is 4. The van der Waals surface area contributed by atoms with Gasteiger partial charge in [0, 0.05) is 17.7 Å². The molecule has 0 aliphatic rings. The van der Waals surface area contributed by atoms with Gasteiger partial charge in [-0.2, -0.15) is 4.98 Å². The van der Waals surface area contributed by atoms with Gasteiger partial charge in [-0.25, -0.2) is 9.07 Å². The Morgan fingerprint density at radius 3 is 2.63 bits per heavy atom. The molecule has 1 heterocycles. The van der Waals surface area contributed by atoms with Crippen molar-refractivity contribution in [3.63, 3.8) is 0 Å². The Kier molecular flexibility index (Phi) is 5.80. The lowest BCUT2D eigenvalue weighted by molar-refractivity contribution is -0.116. The van der Waals surface area contributed by atoms with Crippen molar-refractivity contribution in [2.24, 2.45) is 0 Å². The molecule has 3 rings (SSSR count). The summed E-state index contributed by atoms with van der Waals surface area (Å²) in [5.41, 5.74) is 2.02. The molecule has 2 aromatic carbocycles. The van der Waals surface area contributed by atoms with Crippen LogP contribution in [0, 0.1) is 5.82 Å². The van der Waals surface area contributed by atoms with Crippen LogP contribution in [-0.4, -0.2) is 27.3 Å². The van der Waals surface area contributed by atoms with Gasteiger partial charge in [-0.1, -0.05) is 19.1 Å². The molecule has 0 aliphatic carbocycles. The summed E-state index contributed by atoms with van der Waals surface area (Å²) in [6.45, 7) is 4.22. The Bertz CT molecular complexity index is 922. The van der Waals surface area contributed by atoms with Crippen LogP contribution in [0.1, 0.15) is 26.7 Å². The molecular weight excluding hydrogens is 347 g/mol. The Labute approximate surface area is 157 Å². The highest BCUT2D eigenvalue weighted by Gasteiger charge is 2.15. The maximum atomic E-state index is 13.7. The third-order valence-electron chi connectivity index (χ3n) is 3.82. The summed E-state index contributed by atoms with van der Waals surface area (Å²) in [6.07, 6.45) is 1.27. The number of ether oxygens (including phenoxy) is 1. The smallest absolute Gasteiger partial charge is 0.336 e. The Hall–Kier alpha value is -3.22. The minimum Gasteiger partial charge on any atom is -0.463 e. The number of amides is 1. The van der Waals surface area contributed by atoms with E-state index in [1.165, 1.54) is 12.1 Å². The topological polar surface area (TPSA) is 69.0 Å². The molecule has 0 aliphatic heterocycles. The molecule has 1 amide bonds. The van der Waals surface area contributed by atoms with Gasteiger partial charge in [0.2, 0.25) is 5.91 Å². The van der Waals surface area contributed by atoms with Gasteiger partial charge in [0.1, 0.15) is 5.82 Å². The van der Waals surface area contributed by atoms with Gasteiger partial charge in [0.15, 0.2) is 5.82 Å². The summed E-state index contributed by atoms with van der Waals surface area (Å²) in [5.74, 6) is 0.0970. The van der Waals surface area contributed by atoms with Crippen LogP contribution in [0.4, 0.5) is 10.1 Å². The van der Waals surface area contributed by atoms with Gasteiger partial charge >= 0.3 is 6.01 Å². The number of aromatic nitrogens is 3. The fraction of sp³-hybridized carbons (Fsp3) is 0.250. The molecule has 0 spiro atoms. The van der Waals surface area contributed by atoms with Crippen molar-refractivity contribution in [2.75, 3.05) is 11.9 Å².